The summed E-state index contributed by atoms with van der Waals surface area (Å²) >= 11 is 1.47. The SMILES string of the molecule is Cc1ncsc1CNC(=O)[C@H]1C[C@@H]1c1cccc(C(F)(F)F)c1. The van der Waals surface area contributed by atoms with Crippen LogP contribution in [0, 0.1) is 12.8 Å². The highest BCUT2D eigenvalue weighted by molar-refractivity contribution is 7.09. The van der Waals surface area contributed by atoms with Crippen LogP contribution in [-0.4, -0.2) is 10.9 Å². The Balaban J connectivity index is 1.61. The number of halogens is 3. The van der Waals surface area contributed by atoms with Gasteiger partial charge < -0.3 is 5.32 Å². The summed E-state index contributed by atoms with van der Waals surface area (Å²) in [5.41, 5.74) is 2.52. The second kappa shape index (κ2) is 5.96. The van der Waals surface area contributed by atoms with Crippen LogP contribution in [0.1, 0.15) is 34.0 Å². The molecular weight excluding hydrogens is 325 g/mol. The summed E-state index contributed by atoms with van der Waals surface area (Å²) in [6, 6.07) is 5.24. The minimum atomic E-state index is -4.35. The van der Waals surface area contributed by atoms with Crippen LogP contribution in [0.4, 0.5) is 13.2 Å². The van der Waals surface area contributed by atoms with Crippen molar-refractivity contribution in [2.45, 2.75) is 32.0 Å². The minimum absolute atomic E-state index is 0.111. The molecular formula is C16H15F3N2OS. The number of nitrogens with one attached hydrogen (secondary N) is 1. The van der Waals surface area contributed by atoms with Crippen molar-refractivity contribution in [1.82, 2.24) is 10.3 Å². The van der Waals surface area contributed by atoms with Gasteiger partial charge in [0.2, 0.25) is 5.91 Å². The maximum Gasteiger partial charge on any atom is 0.416 e. The van der Waals surface area contributed by atoms with E-state index >= 15 is 0 Å². The molecule has 23 heavy (non-hydrogen) atoms. The zero-order chi connectivity index (χ0) is 16.6. The molecule has 122 valence electrons. The molecule has 0 unspecified atom stereocenters. The highest BCUT2D eigenvalue weighted by Crippen LogP contribution is 2.48. The number of aromatic nitrogens is 1. The Hall–Kier alpha value is -1.89. The van der Waals surface area contributed by atoms with Gasteiger partial charge in [-0.05, 0) is 30.9 Å². The van der Waals surface area contributed by atoms with Gasteiger partial charge in [-0.1, -0.05) is 18.2 Å². The van der Waals surface area contributed by atoms with Gasteiger partial charge in [0.25, 0.3) is 0 Å². The average molecular weight is 340 g/mol. The van der Waals surface area contributed by atoms with E-state index in [0.29, 0.717) is 18.5 Å². The molecule has 0 bridgehead atoms. The number of amides is 1. The van der Waals surface area contributed by atoms with E-state index in [4.69, 9.17) is 0 Å². The summed E-state index contributed by atoms with van der Waals surface area (Å²) in [7, 11) is 0. The maximum absolute atomic E-state index is 12.7. The molecule has 2 atom stereocenters. The number of carbonyl (C=O) groups excluding carboxylic acids is 1. The number of nitrogens with zero attached hydrogens (tertiary/aromatic N) is 1. The molecule has 0 aliphatic heterocycles. The van der Waals surface area contributed by atoms with E-state index in [-0.39, 0.29) is 17.7 Å². The second-order valence-electron chi connectivity index (χ2n) is 5.65. The van der Waals surface area contributed by atoms with Gasteiger partial charge in [-0.15, -0.1) is 11.3 Å². The summed E-state index contributed by atoms with van der Waals surface area (Å²) in [5, 5.41) is 2.84. The first-order valence-corrected chi connectivity index (χ1v) is 8.08. The van der Waals surface area contributed by atoms with Crippen molar-refractivity contribution in [2.24, 2.45) is 5.92 Å². The maximum atomic E-state index is 12.7. The minimum Gasteiger partial charge on any atom is -0.351 e. The molecule has 1 aromatic carbocycles. The van der Waals surface area contributed by atoms with Crippen LogP contribution in [-0.2, 0) is 17.5 Å². The third-order valence-corrected chi connectivity index (χ3v) is 4.97. The van der Waals surface area contributed by atoms with E-state index in [0.717, 1.165) is 22.7 Å². The van der Waals surface area contributed by atoms with Gasteiger partial charge in [0.05, 0.1) is 23.3 Å². The monoisotopic (exact) mass is 340 g/mol. The Morgan fingerprint density at radius 1 is 1.43 bits per heavy atom. The number of hydrogen-bond donors (Lipinski definition) is 1. The van der Waals surface area contributed by atoms with E-state index in [1.165, 1.54) is 17.4 Å². The lowest BCUT2D eigenvalue weighted by Crippen LogP contribution is -2.24. The second-order valence-corrected chi connectivity index (χ2v) is 6.59. The molecule has 1 aromatic heterocycles. The lowest BCUT2D eigenvalue weighted by Gasteiger charge is -2.08. The zero-order valence-corrected chi connectivity index (χ0v) is 13.2. The molecule has 7 heteroatoms. The molecule has 3 rings (SSSR count). The van der Waals surface area contributed by atoms with Crippen molar-refractivity contribution >= 4 is 17.2 Å². The Labute approximate surface area is 135 Å². The van der Waals surface area contributed by atoms with Crippen LogP contribution in [0.3, 0.4) is 0 Å². The van der Waals surface area contributed by atoms with Crippen molar-refractivity contribution in [3.8, 4) is 0 Å². The zero-order valence-electron chi connectivity index (χ0n) is 12.4. The van der Waals surface area contributed by atoms with Gasteiger partial charge in [0.1, 0.15) is 0 Å². The summed E-state index contributed by atoms with van der Waals surface area (Å²) in [6.45, 7) is 2.29. The highest BCUT2D eigenvalue weighted by atomic mass is 32.1. The van der Waals surface area contributed by atoms with Crippen molar-refractivity contribution in [2.75, 3.05) is 0 Å². The lowest BCUT2D eigenvalue weighted by molar-refractivity contribution is -0.137. The summed E-state index contributed by atoms with van der Waals surface area (Å²) in [5.74, 6) is -0.480. The van der Waals surface area contributed by atoms with E-state index < -0.39 is 11.7 Å². The Kier molecular flexibility index (Phi) is 4.14. The van der Waals surface area contributed by atoms with Crippen LogP contribution >= 0.6 is 11.3 Å². The van der Waals surface area contributed by atoms with E-state index in [1.54, 1.807) is 11.6 Å². The van der Waals surface area contributed by atoms with Gasteiger partial charge >= 0.3 is 6.18 Å². The molecule has 0 radical (unpaired) electrons. The lowest BCUT2D eigenvalue weighted by atomic mass is 10.1. The fourth-order valence-electron chi connectivity index (χ4n) is 2.59. The van der Waals surface area contributed by atoms with E-state index in [2.05, 4.69) is 10.3 Å². The van der Waals surface area contributed by atoms with Crippen molar-refractivity contribution in [3.05, 3.63) is 51.5 Å². The predicted octanol–water partition coefficient (Wildman–Crippen LogP) is 3.89. The smallest absolute Gasteiger partial charge is 0.351 e. The Morgan fingerprint density at radius 3 is 2.87 bits per heavy atom. The van der Waals surface area contributed by atoms with Crippen LogP contribution in [0.2, 0.25) is 0 Å². The number of thiazole rings is 1. The van der Waals surface area contributed by atoms with Crippen LogP contribution < -0.4 is 5.32 Å². The molecule has 3 nitrogen and oxygen atoms in total. The normalized spacial score (nSPS) is 20.3. The number of alkyl halides is 3. The summed E-state index contributed by atoms with van der Waals surface area (Å²) in [4.78, 5) is 17.2. The fourth-order valence-corrected chi connectivity index (χ4v) is 3.31. The number of hydrogen-bond acceptors (Lipinski definition) is 3. The first-order chi connectivity index (χ1) is 10.9. The number of aryl methyl sites for hydroxylation is 1. The molecule has 1 aliphatic rings. The molecule has 2 aromatic rings. The highest BCUT2D eigenvalue weighted by Gasteiger charge is 2.44. The van der Waals surface area contributed by atoms with Crippen molar-refractivity contribution in [3.63, 3.8) is 0 Å². The molecule has 0 saturated heterocycles. The van der Waals surface area contributed by atoms with Gasteiger partial charge in [0.15, 0.2) is 0 Å². The number of rotatable bonds is 4. The quantitative estimate of drug-likeness (QED) is 0.917. The molecule has 1 aliphatic carbocycles. The molecule has 0 spiro atoms. The van der Waals surface area contributed by atoms with Gasteiger partial charge in [-0.25, -0.2) is 4.98 Å². The average Bonchev–Trinajstić information content (AvgIpc) is 3.21. The molecule has 1 amide bonds. The molecule has 1 N–H and O–H groups in total. The Bertz CT molecular complexity index is 726. The van der Waals surface area contributed by atoms with Crippen LogP contribution in [0.15, 0.2) is 29.8 Å². The van der Waals surface area contributed by atoms with Crippen molar-refractivity contribution < 1.29 is 18.0 Å². The van der Waals surface area contributed by atoms with Crippen LogP contribution in [0.5, 0.6) is 0 Å². The first-order valence-electron chi connectivity index (χ1n) is 7.20. The largest absolute Gasteiger partial charge is 0.416 e. The van der Waals surface area contributed by atoms with Gasteiger partial charge in [0, 0.05) is 10.8 Å². The molecule has 1 fully saturated rings. The number of benzene rings is 1. The van der Waals surface area contributed by atoms with Crippen LogP contribution in [0.25, 0.3) is 0 Å². The third kappa shape index (κ3) is 3.55. The third-order valence-electron chi connectivity index (χ3n) is 4.04. The summed E-state index contributed by atoms with van der Waals surface area (Å²) in [6.07, 6.45) is -3.76. The van der Waals surface area contributed by atoms with Gasteiger partial charge in [-0.2, -0.15) is 13.2 Å². The topological polar surface area (TPSA) is 42.0 Å². The standard InChI is InChI=1S/C16H15F3N2OS/c1-9-14(23-8-21-9)7-20-15(22)13-6-12(13)10-3-2-4-11(5-10)16(17,18)19/h2-5,8,12-13H,6-7H2,1H3,(H,20,22)/t12-,13+/m1/s1. The van der Waals surface area contributed by atoms with E-state index in [9.17, 15) is 18.0 Å². The molecule has 1 saturated carbocycles. The Morgan fingerprint density at radius 2 is 2.22 bits per heavy atom. The van der Waals surface area contributed by atoms with E-state index in [1.807, 2.05) is 6.92 Å². The predicted molar refractivity (Wildman–Crippen MR) is 81.0 cm³/mol. The summed E-state index contributed by atoms with van der Waals surface area (Å²) < 4.78 is 38.2. The molecule has 1 heterocycles. The fraction of sp³-hybridized carbons (Fsp3) is 0.375. The number of carbonyl (C=O) groups is 1. The van der Waals surface area contributed by atoms with Gasteiger partial charge in [-0.3, -0.25) is 4.79 Å². The first kappa shape index (κ1) is 16.0. The van der Waals surface area contributed by atoms with Crippen molar-refractivity contribution in [1.29, 1.82) is 0 Å².